The zero-order chi connectivity index (χ0) is 4.00. The minimum atomic E-state index is 0. The Bertz CT molecular complexity index is 27.0. The Hall–Kier alpha value is 1.11. The van der Waals surface area contributed by atoms with Crippen LogP contribution in [0.3, 0.4) is 0 Å². The average molecular weight is 150 g/mol. The van der Waals surface area contributed by atoms with Crippen molar-refractivity contribution in [1.29, 1.82) is 10.5 Å². The zero-order valence-corrected chi connectivity index (χ0v) is 7.32. The van der Waals surface area contributed by atoms with E-state index in [0.29, 0.717) is 0 Å². The molecule has 0 aliphatic rings. The molecule has 0 unspecified atom stereocenters. The summed E-state index contributed by atoms with van der Waals surface area (Å²) in [5, 5.41) is 12.5. The van der Waals surface area contributed by atoms with E-state index in [1.807, 2.05) is 0 Å². The fraction of sp³-hybridized carbons (Fsp3) is 0. The van der Waals surface area contributed by atoms with Crippen LogP contribution in [0.4, 0.5) is 0 Å². The number of hydrogen-bond acceptors (Lipinski definition) is 2. The van der Waals surface area contributed by atoms with Crippen LogP contribution >= 0.6 is 0 Å². The van der Waals surface area contributed by atoms with E-state index >= 15 is 0 Å². The van der Waals surface area contributed by atoms with Crippen molar-refractivity contribution in [3.8, 4) is 0 Å². The van der Waals surface area contributed by atoms with Gasteiger partial charge in [0.05, 0.1) is 0 Å². The molecule has 0 heterocycles. The summed E-state index contributed by atoms with van der Waals surface area (Å²) in [6, 6.07) is 0. The molecule has 0 bridgehead atoms. The molecule has 0 aliphatic heterocycles. The molecule has 4 heteroatoms. The Labute approximate surface area is 89.9 Å². The summed E-state index contributed by atoms with van der Waals surface area (Å²) in [4.78, 5) is 0. The van der Waals surface area contributed by atoms with Crippen molar-refractivity contribution in [3.63, 3.8) is 0 Å². The summed E-state index contributed by atoms with van der Waals surface area (Å²) in [6.07, 6.45) is 0. The molecule has 6 heavy (non-hydrogen) atoms. The molecule has 29 valence electrons. The van der Waals surface area contributed by atoms with Gasteiger partial charge in [0.2, 0.25) is 0 Å². The predicted molar refractivity (Wildman–Crippen MR) is 15.7 cm³/mol. The van der Waals surface area contributed by atoms with Crippen molar-refractivity contribution < 1.29 is 16.5 Å². The van der Waals surface area contributed by atoms with Crippen LogP contribution in [-0.2, 0) is 16.5 Å². The largest absolute Gasteiger partial charge is 2.00 e. The number of rotatable bonds is 0. The van der Waals surface area contributed by atoms with Gasteiger partial charge in [0, 0.05) is 51.4 Å². The number of nitrogens with zero attached hydrogens (tertiary/aromatic N) is 2. The molecule has 1 radical (unpaired) electrons. The van der Waals surface area contributed by atoms with Crippen molar-refractivity contribution in [3.05, 3.63) is 13.1 Å². The molecular formula is C2KN2Ni. The van der Waals surface area contributed by atoms with Gasteiger partial charge in [-0.25, -0.2) is 0 Å². The van der Waals surface area contributed by atoms with Gasteiger partial charge >= 0.3 is 16.5 Å². The Kier molecular flexibility index (Phi) is 592. The minimum absolute atomic E-state index is 0. The van der Waals surface area contributed by atoms with E-state index in [0.717, 1.165) is 0 Å². The summed E-state index contributed by atoms with van der Waals surface area (Å²) in [6.45, 7) is 9.50. The smallest absolute Gasteiger partial charge is 0.512 e. The fourth-order valence-electron chi connectivity index (χ4n) is 0. The van der Waals surface area contributed by atoms with Crippen LogP contribution < -0.4 is 0 Å². The van der Waals surface area contributed by atoms with E-state index in [1.54, 1.807) is 0 Å². The molecule has 0 atom stereocenters. The predicted octanol–water partition coefficient (Wildman–Crippen LogP) is -0.191. The molecule has 0 fully saturated rings. The van der Waals surface area contributed by atoms with Crippen LogP contribution in [0.2, 0.25) is 0 Å². The van der Waals surface area contributed by atoms with Crippen LogP contribution in [0.25, 0.3) is 0 Å². The van der Waals surface area contributed by atoms with Crippen molar-refractivity contribution in [2.24, 2.45) is 0 Å². The molecule has 0 aromatic carbocycles. The van der Waals surface area contributed by atoms with Crippen molar-refractivity contribution in [2.75, 3.05) is 0 Å². The Balaban J connectivity index is -0.00000000500. The van der Waals surface area contributed by atoms with Gasteiger partial charge in [-0.1, -0.05) is 0 Å². The molecule has 2 nitrogen and oxygen atoms in total. The van der Waals surface area contributed by atoms with E-state index in [9.17, 15) is 0 Å². The molecule has 0 saturated carbocycles. The maximum Gasteiger partial charge on any atom is 2.00 e. The summed E-state index contributed by atoms with van der Waals surface area (Å²) < 4.78 is 0. The zero-order valence-electron chi connectivity index (χ0n) is 3.21. The summed E-state index contributed by atoms with van der Waals surface area (Å²) >= 11 is 0. The van der Waals surface area contributed by atoms with Crippen LogP contribution in [0.5, 0.6) is 0 Å². The maximum atomic E-state index is 6.25. The van der Waals surface area contributed by atoms with Crippen molar-refractivity contribution >= 4 is 51.4 Å². The average Bonchev–Trinajstić information content (AvgIpc) is 1.50. The first-order chi connectivity index (χ1) is 2.00. The third-order valence-corrected chi connectivity index (χ3v) is 0. The third kappa shape index (κ3) is 70.1. The minimum Gasteiger partial charge on any atom is -0.512 e. The fourth-order valence-corrected chi connectivity index (χ4v) is 0. The van der Waals surface area contributed by atoms with Gasteiger partial charge < -0.3 is 23.7 Å². The normalized spacial score (nSPS) is 0.667. The van der Waals surface area contributed by atoms with Crippen LogP contribution in [0.1, 0.15) is 0 Å². The first kappa shape index (κ1) is 27.4. The maximum absolute atomic E-state index is 6.25. The topological polar surface area (TPSA) is 47.6 Å². The van der Waals surface area contributed by atoms with Gasteiger partial charge in [-0.3, -0.25) is 0 Å². The first-order valence-corrected chi connectivity index (χ1v) is 0.447. The quantitative estimate of drug-likeness (QED) is 0.354. The van der Waals surface area contributed by atoms with Crippen LogP contribution in [0.15, 0.2) is 0 Å². The van der Waals surface area contributed by atoms with Gasteiger partial charge in [-0.15, -0.1) is 0 Å². The molecule has 0 aliphatic carbocycles. The van der Waals surface area contributed by atoms with Crippen molar-refractivity contribution in [1.82, 2.24) is 0 Å². The second-order valence-corrected chi connectivity index (χ2v) is 0. The molecule has 0 N–H and O–H groups in total. The Morgan fingerprint density at radius 2 is 0.833 bits per heavy atom. The van der Waals surface area contributed by atoms with Gasteiger partial charge in [0.25, 0.3) is 0 Å². The standard InChI is InChI=1S/2CN.K.Ni/c2*1-2;;/q2*-1;;+2. The number of hydrogen-bond donors (Lipinski definition) is 0. The second-order valence-electron chi connectivity index (χ2n) is 0. The second kappa shape index (κ2) is 130. The summed E-state index contributed by atoms with van der Waals surface area (Å²) in [5.74, 6) is 0. The van der Waals surface area contributed by atoms with E-state index < -0.39 is 0 Å². The van der Waals surface area contributed by atoms with Gasteiger partial charge in [0.1, 0.15) is 0 Å². The molecule has 0 saturated heterocycles. The molecular weight excluding hydrogens is 150 g/mol. The SMILES string of the molecule is [C-]#N.[C-]#N.[K].[Ni+2]. The van der Waals surface area contributed by atoms with E-state index in [-0.39, 0.29) is 67.9 Å². The summed E-state index contributed by atoms with van der Waals surface area (Å²) in [5.41, 5.74) is 0. The van der Waals surface area contributed by atoms with Crippen molar-refractivity contribution in [2.45, 2.75) is 0 Å². The molecule has 0 rings (SSSR count). The third-order valence-electron chi connectivity index (χ3n) is 0. The molecule has 0 amide bonds. The summed E-state index contributed by atoms with van der Waals surface area (Å²) in [7, 11) is 0. The Morgan fingerprint density at radius 3 is 0.833 bits per heavy atom. The van der Waals surface area contributed by atoms with Gasteiger partial charge in [0.15, 0.2) is 0 Å². The Morgan fingerprint density at radius 1 is 0.833 bits per heavy atom. The van der Waals surface area contributed by atoms with E-state index in [4.69, 9.17) is 23.7 Å². The molecule has 0 aromatic heterocycles. The van der Waals surface area contributed by atoms with Crippen LogP contribution in [0, 0.1) is 23.7 Å². The first-order valence-electron chi connectivity index (χ1n) is 0.447. The molecule has 0 aromatic rings. The van der Waals surface area contributed by atoms with Gasteiger partial charge in [-0.2, -0.15) is 0 Å². The monoisotopic (exact) mass is 149 g/mol. The van der Waals surface area contributed by atoms with E-state index in [2.05, 4.69) is 0 Å². The molecule has 0 spiro atoms. The van der Waals surface area contributed by atoms with Gasteiger partial charge in [-0.05, 0) is 0 Å². The van der Waals surface area contributed by atoms with E-state index in [1.165, 1.54) is 0 Å². The van der Waals surface area contributed by atoms with Crippen LogP contribution in [-0.4, -0.2) is 51.4 Å².